The molecule has 0 radical (unpaired) electrons. The van der Waals surface area contributed by atoms with Crippen LogP contribution in [0.5, 0.6) is 0 Å². The summed E-state index contributed by atoms with van der Waals surface area (Å²) in [6.45, 7) is 4.49. The molecule has 0 aromatic rings. The Morgan fingerprint density at radius 1 is 1.30 bits per heavy atom. The van der Waals surface area contributed by atoms with Gasteiger partial charge in [0.05, 0.1) is 19.6 Å². The summed E-state index contributed by atoms with van der Waals surface area (Å²) in [6, 6.07) is 0.298. The first kappa shape index (κ1) is 15.3. The maximum Gasteiger partial charge on any atom is 0.311 e. The fraction of sp³-hybridized carbons (Fsp3) is 0.867. The third kappa shape index (κ3) is 2.97. The van der Waals surface area contributed by atoms with Crippen molar-refractivity contribution in [3.8, 4) is 0 Å². The molecule has 5 heteroatoms. The van der Waals surface area contributed by atoms with Gasteiger partial charge in [0.1, 0.15) is 0 Å². The zero-order valence-corrected chi connectivity index (χ0v) is 12.9. The Balaban J connectivity index is 1.96. The number of hydrogen-bond donors (Lipinski definition) is 1. The van der Waals surface area contributed by atoms with E-state index in [4.69, 9.17) is 4.74 Å². The number of fused-ring (bicyclic) bond motifs is 2. The van der Waals surface area contributed by atoms with Crippen molar-refractivity contribution in [2.75, 3.05) is 20.7 Å². The van der Waals surface area contributed by atoms with Gasteiger partial charge in [0.15, 0.2) is 0 Å². The molecule has 2 aliphatic rings. The molecule has 1 amide bonds. The molecular weight excluding hydrogens is 256 g/mol. The molecule has 2 fully saturated rings. The van der Waals surface area contributed by atoms with Crippen LogP contribution in [0.25, 0.3) is 0 Å². The third-order valence-electron chi connectivity index (χ3n) is 4.99. The van der Waals surface area contributed by atoms with Crippen LogP contribution in [0, 0.1) is 17.8 Å². The number of hydrogen-bond acceptors (Lipinski definition) is 4. The van der Waals surface area contributed by atoms with E-state index in [0.29, 0.717) is 24.4 Å². The van der Waals surface area contributed by atoms with Crippen LogP contribution in [0.2, 0.25) is 0 Å². The van der Waals surface area contributed by atoms with Crippen LogP contribution in [0.4, 0.5) is 0 Å². The topological polar surface area (TPSA) is 58.6 Å². The van der Waals surface area contributed by atoms with E-state index in [9.17, 15) is 9.59 Å². The minimum Gasteiger partial charge on any atom is -0.469 e. The summed E-state index contributed by atoms with van der Waals surface area (Å²) in [4.78, 5) is 26.1. The molecule has 0 unspecified atom stereocenters. The number of carbonyl (C=O) groups is 2. The number of amides is 1. The Morgan fingerprint density at radius 3 is 2.55 bits per heavy atom. The lowest BCUT2D eigenvalue weighted by Gasteiger charge is -2.30. The zero-order valence-electron chi connectivity index (χ0n) is 12.9. The van der Waals surface area contributed by atoms with Crippen molar-refractivity contribution in [1.82, 2.24) is 10.2 Å². The van der Waals surface area contributed by atoms with Crippen LogP contribution < -0.4 is 5.32 Å². The van der Waals surface area contributed by atoms with Crippen molar-refractivity contribution < 1.29 is 14.3 Å². The lowest BCUT2D eigenvalue weighted by Crippen LogP contribution is -2.50. The number of esters is 1. The number of ether oxygens (including phenoxy) is 1. The summed E-state index contributed by atoms with van der Waals surface area (Å²) in [5.41, 5.74) is 0. The van der Waals surface area contributed by atoms with Crippen LogP contribution in [0.1, 0.15) is 33.1 Å². The maximum absolute atomic E-state index is 12.1. The van der Waals surface area contributed by atoms with Gasteiger partial charge in [-0.15, -0.1) is 0 Å². The number of likely N-dealkylation sites (N-methyl/N-ethyl adjacent to an activating group) is 1. The lowest BCUT2D eigenvalue weighted by atomic mass is 9.84. The molecule has 0 aromatic heterocycles. The molecule has 1 N–H and O–H groups in total. The first-order chi connectivity index (χ1) is 9.43. The summed E-state index contributed by atoms with van der Waals surface area (Å²) in [7, 11) is 3.36. The van der Waals surface area contributed by atoms with E-state index in [0.717, 1.165) is 19.3 Å². The number of nitrogens with zero attached hydrogens (tertiary/aromatic N) is 1. The molecule has 2 rings (SSSR count). The predicted octanol–water partition coefficient (Wildman–Crippen LogP) is 1.03. The SMILES string of the molecule is COC(=O)[C@@H]1[C@H]2CC[C@@H](C2)[C@@H]1NC(=O)CN(C)C(C)C. The summed E-state index contributed by atoms with van der Waals surface area (Å²) in [6.07, 6.45) is 3.25. The highest BCUT2D eigenvalue weighted by molar-refractivity contribution is 5.80. The van der Waals surface area contributed by atoms with Crippen molar-refractivity contribution in [3.05, 3.63) is 0 Å². The first-order valence-corrected chi connectivity index (χ1v) is 7.51. The Kier molecular flexibility index (Phi) is 4.68. The van der Waals surface area contributed by atoms with Gasteiger partial charge in [-0.1, -0.05) is 0 Å². The van der Waals surface area contributed by atoms with Crippen molar-refractivity contribution in [2.45, 2.75) is 45.2 Å². The van der Waals surface area contributed by atoms with Gasteiger partial charge in [-0.2, -0.15) is 0 Å². The molecule has 0 aliphatic heterocycles. The number of methoxy groups -OCH3 is 1. The van der Waals surface area contributed by atoms with Crippen molar-refractivity contribution >= 4 is 11.9 Å². The molecule has 0 heterocycles. The molecule has 20 heavy (non-hydrogen) atoms. The van der Waals surface area contributed by atoms with Gasteiger partial charge in [-0.25, -0.2) is 0 Å². The Labute approximate surface area is 121 Å². The van der Waals surface area contributed by atoms with Crippen molar-refractivity contribution in [2.24, 2.45) is 17.8 Å². The molecule has 2 bridgehead atoms. The second-order valence-electron chi connectivity index (χ2n) is 6.48. The second kappa shape index (κ2) is 6.12. The maximum atomic E-state index is 12.1. The van der Waals surface area contributed by atoms with E-state index in [1.165, 1.54) is 7.11 Å². The summed E-state index contributed by atoms with van der Waals surface area (Å²) < 4.78 is 4.92. The zero-order chi connectivity index (χ0) is 14.9. The molecule has 114 valence electrons. The molecule has 4 atom stereocenters. The molecule has 0 spiro atoms. The highest BCUT2D eigenvalue weighted by atomic mass is 16.5. The lowest BCUT2D eigenvalue weighted by molar-refractivity contribution is -0.148. The molecule has 0 aromatic carbocycles. The predicted molar refractivity (Wildman–Crippen MR) is 76.0 cm³/mol. The minimum absolute atomic E-state index is 0.00709. The Morgan fingerprint density at radius 2 is 1.95 bits per heavy atom. The van der Waals surface area contributed by atoms with E-state index in [1.54, 1.807) is 0 Å². The van der Waals surface area contributed by atoms with Gasteiger partial charge in [-0.05, 0) is 52.0 Å². The Bertz CT molecular complexity index is 383. The number of nitrogens with one attached hydrogen (secondary N) is 1. The van der Waals surface area contributed by atoms with Gasteiger partial charge >= 0.3 is 5.97 Å². The van der Waals surface area contributed by atoms with Gasteiger partial charge in [-0.3, -0.25) is 14.5 Å². The van der Waals surface area contributed by atoms with Gasteiger partial charge in [0.2, 0.25) is 5.91 Å². The quantitative estimate of drug-likeness (QED) is 0.765. The smallest absolute Gasteiger partial charge is 0.311 e. The monoisotopic (exact) mass is 282 g/mol. The highest BCUT2D eigenvalue weighted by Crippen LogP contribution is 2.48. The van der Waals surface area contributed by atoms with Crippen LogP contribution in [0.3, 0.4) is 0 Å². The van der Waals surface area contributed by atoms with Crippen molar-refractivity contribution in [3.63, 3.8) is 0 Å². The van der Waals surface area contributed by atoms with E-state index >= 15 is 0 Å². The summed E-state index contributed by atoms with van der Waals surface area (Å²) in [5.74, 6) is 0.525. The third-order valence-corrected chi connectivity index (χ3v) is 4.99. The molecule has 0 saturated heterocycles. The largest absolute Gasteiger partial charge is 0.469 e. The minimum atomic E-state index is -0.167. The highest BCUT2D eigenvalue weighted by Gasteiger charge is 2.51. The normalized spacial score (nSPS) is 31.9. The second-order valence-corrected chi connectivity index (χ2v) is 6.48. The number of carbonyl (C=O) groups excluding carboxylic acids is 2. The van der Waals surface area contributed by atoms with E-state index in [2.05, 4.69) is 19.2 Å². The van der Waals surface area contributed by atoms with Gasteiger partial charge in [0.25, 0.3) is 0 Å². The van der Waals surface area contributed by atoms with Crippen LogP contribution in [-0.2, 0) is 14.3 Å². The van der Waals surface area contributed by atoms with E-state index in [-0.39, 0.29) is 23.8 Å². The molecule has 2 saturated carbocycles. The fourth-order valence-electron chi connectivity index (χ4n) is 3.61. The summed E-state index contributed by atoms with van der Waals surface area (Å²) >= 11 is 0. The first-order valence-electron chi connectivity index (χ1n) is 7.51. The molecular formula is C15H26N2O3. The van der Waals surface area contributed by atoms with Crippen LogP contribution in [0.15, 0.2) is 0 Å². The molecule has 5 nitrogen and oxygen atoms in total. The standard InChI is InChI=1S/C15H26N2O3/c1-9(2)17(3)8-12(18)16-14-11-6-5-10(7-11)13(14)15(19)20-4/h9-11,13-14H,5-8H2,1-4H3,(H,16,18)/t10-,11-,13+,14-/m0/s1. The van der Waals surface area contributed by atoms with E-state index in [1.807, 2.05) is 11.9 Å². The molecule has 2 aliphatic carbocycles. The van der Waals surface area contributed by atoms with Crippen LogP contribution in [-0.4, -0.2) is 49.6 Å². The number of rotatable bonds is 5. The van der Waals surface area contributed by atoms with E-state index < -0.39 is 0 Å². The summed E-state index contributed by atoms with van der Waals surface area (Å²) in [5, 5.41) is 3.08. The average Bonchev–Trinajstić information content (AvgIpc) is 2.98. The van der Waals surface area contributed by atoms with Crippen molar-refractivity contribution in [1.29, 1.82) is 0 Å². The van der Waals surface area contributed by atoms with Gasteiger partial charge in [0, 0.05) is 12.1 Å². The fourth-order valence-corrected chi connectivity index (χ4v) is 3.61. The average molecular weight is 282 g/mol. The van der Waals surface area contributed by atoms with Crippen LogP contribution >= 0.6 is 0 Å². The van der Waals surface area contributed by atoms with Gasteiger partial charge < -0.3 is 10.1 Å². The Hall–Kier alpha value is -1.10.